The quantitative estimate of drug-likeness (QED) is 0.887. The van der Waals surface area contributed by atoms with E-state index in [1.807, 2.05) is 0 Å². The fraction of sp³-hybridized carbons (Fsp3) is 0.300. The molecule has 1 aliphatic heterocycles. The van der Waals surface area contributed by atoms with Crippen molar-refractivity contribution in [3.05, 3.63) is 65.5 Å². The number of amides is 2. The van der Waals surface area contributed by atoms with E-state index in [0.717, 1.165) is 0 Å². The van der Waals surface area contributed by atoms with Gasteiger partial charge in [-0.1, -0.05) is 24.3 Å². The molecule has 2 aromatic rings. The second-order valence-electron chi connectivity index (χ2n) is 6.44. The predicted octanol–water partition coefficient (Wildman–Crippen LogP) is 1.68. The highest BCUT2D eigenvalue weighted by Gasteiger charge is 2.30. The van der Waals surface area contributed by atoms with Gasteiger partial charge in [-0.25, -0.2) is 4.39 Å². The number of ether oxygens (including phenoxy) is 1. The van der Waals surface area contributed by atoms with Crippen molar-refractivity contribution in [1.29, 1.82) is 0 Å². The molecule has 1 unspecified atom stereocenters. The predicted molar refractivity (Wildman–Crippen MR) is 96.7 cm³/mol. The first kappa shape index (κ1) is 18.8. The number of aliphatic hydroxyl groups is 1. The number of para-hydroxylation sites is 1. The molecular weight excluding hydrogens is 351 g/mol. The van der Waals surface area contributed by atoms with Crippen LogP contribution in [-0.4, -0.2) is 59.6 Å². The van der Waals surface area contributed by atoms with Crippen LogP contribution in [-0.2, 0) is 11.3 Å². The van der Waals surface area contributed by atoms with E-state index in [9.17, 15) is 19.1 Å². The Morgan fingerprint density at radius 2 is 2.00 bits per heavy atom. The number of methoxy groups -OCH3 is 1. The maximum Gasteiger partial charge on any atom is 0.258 e. The average Bonchev–Trinajstić information content (AvgIpc) is 2.79. The maximum atomic E-state index is 13.4. The summed E-state index contributed by atoms with van der Waals surface area (Å²) in [6, 6.07) is 12.7. The second kappa shape index (κ2) is 8.18. The highest BCUT2D eigenvalue weighted by Crippen LogP contribution is 2.21. The number of rotatable bonds is 4. The molecule has 27 heavy (non-hydrogen) atoms. The molecule has 3 rings (SSSR count). The summed E-state index contributed by atoms with van der Waals surface area (Å²) in [6.45, 7) is 0.112. The Bertz CT molecular complexity index is 842. The van der Waals surface area contributed by atoms with E-state index in [1.165, 1.54) is 29.0 Å². The zero-order valence-corrected chi connectivity index (χ0v) is 15.0. The van der Waals surface area contributed by atoms with Crippen LogP contribution in [0.25, 0.3) is 0 Å². The zero-order valence-electron chi connectivity index (χ0n) is 15.0. The van der Waals surface area contributed by atoms with Crippen LogP contribution in [0.3, 0.4) is 0 Å². The van der Waals surface area contributed by atoms with E-state index in [0.29, 0.717) is 16.9 Å². The van der Waals surface area contributed by atoms with Crippen molar-refractivity contribution in [1.82, 2.24) is 9.80 Å². The summed E-state index contributed by atoms with van der Waals surface area (Å²) in [5.41, 5.74) is 0.957. The van der Waals surface area contributed by atoms with Crippen molar-refractivity contribution >= 4 is 11.8 Å². The van der Waals surface area contributed by atoms with Crippen molar-refractivity contribution in [2.75, 3.05) is 26.7 Å². The molecule has 0 aromatic heterocycles. The van der Waals surface area contributed by atoms with Crippen molar-refractivity contribution < 1.29 is 23.8 Å². The minimum atomic E-state index is -0.899. The minimum absolute atomic E-state index is 0.0300. The third-order valence-corrected chi connectivity index (χ3v) is 4.43. The Balaban J connectivity index is 1.77. The molecular formula is C20H21FN2O4. The monoisotopic (exact) mass is 372 g/mol. The Kier molecular flexibility index (Phi) is 5.71. The first-order valence-corrected chi connectivity index (χ1v) is 8.60. The molecule has 2 amide bonds. The van der Waals surface area contributed by atoms with E-state index in [1.54, 1.807) is 36.4 Å². The van der Waals surface area contributed by atoms with Crippen LogP contribution in [0.2, 0.25) is 0 Å². The standard InChI is InChI=1S/C20H21FN2O4/c1-27-18-8-3-2-7-17(18)20(26)23-12-16(24)11-22(19(25)13-23)10-14-5-4-6-15(21)9-14/h2-9,16,24H,10-13H2,1H3. The summed E-state index contributed by atoms with van der Waals surface area (Å²) in [4.78, 5) is 28.2. The van der Waals surface area contributed by atoms with Gasteiger partial charge in [0.2, 0.25) is 5.91 Å². The number of halogens is 1. The van der Waals surface area contributed by atoms with Gasteiger partial charge in [0.15, 0.2) is 0 Å². The summed E-state index contributed by atoms with van der Waals surface area (Å²) in [5, 5.41) is 10.3. The van der Waals surface area contributed by atoms with E-state index in [2.05, 4.69) is 0 Å². The number of aliphatic hydroxyl groups excluding tert-OH is 1. The molecule has 1 N–H and O–H groups in total. The molecule has 6 nitrogen and oxygen atoms in total. The number of carbonyl (C=O) groups excluding carboxylic acids is 2. The number of carbonyl (C=O) groups is 2. The fourth-order valence-corrected chi connectivity index (χ4v) is 3.15. The molecule has 1 atom stereocenters. The van der Waals surface area contributed by atoms with Gasteiger partial charge in [-0.2, -0.15) is 0 Å². The highest BCUT2D eigenvalue weighted by atomic mass is 19.1. The Labute approximate surface area is 156 Å². The summed E-state index contributed by atoms with van der Waals surface area (Å²) >= 11 is 0. The van der Waals surface area contributed by atoms with Gasteiger partial charge in [0.1, 0.15) is 18.1 Å². The van der Waals surface area contributed by atoms with Crippen LogP contribution in [0.15, 0.2) is 48.5 Å². The van der Waals surface area contributed by atoms with Gasteiger partial charge in [-0.15, -0.1) is 0 Å². The summed E-state index contributed by atoms with van der Waals surface area (Å²) in [7, 11) is 1.47. The molecule has 2 aromatic carbocycles. The van der Waals surface area contributed by atoms with Crippen LogP contribution in [0.1, 0.15) is 15.9 Å². The Morgan fingerprint density at radius 3 is 2.74 bits per heavy atom. The van der Waals surface area contributed by atoms with Crippen LogP contribution in [0, 0.1) is 5.82 Å². The molecule has 0 spiro atoms. The third kappa shape index (κ3) is 4.43. The number of hydrogen-bond donors (Lipinski definition) is 1. The Morgan fingerprint density at radius 1 is 1.22 bits per heavy atom. The topological polar surface area (TPSA) is 70.1 Å². The van der Waals surface area contributed by atoms with Crippen LogP contribution in [0.5, 0.6) is 5.75 Å². The molecule has 1 aliphatic rings. The van der Waals surface area contributed by atoms with E-state index in [-0.39, 0.29) is 43.8 Å². The first-order chi connectivity index (χ1) is 13.0. The van der Waals surface area contributed by atoms with Gasteiger partial charge in [0.25, 0.3) is 5.91 Å². The zero-order chi connectivity index (χ0) is 19.4. The van der Waals surface area contributed by atoms with Gasteiger partial charge in [0, 0.05) is 19.6 Å². The molecule has 1 fully saturated rings. The number of nitrogens with zero attached hydrogens (tertiary/aromatic N) is 2. The van der Waals surface area contributed by atoms with E-state index >= 15 is 0 Å². The second-order valence-corrected chi connectivity index (χ2v) is 6.44. The van der Waals surface area contributed by atoms with Crippen LogP contribution in [0.4, 0.5) is 4.39 Å². The highest BCUT2D eigenvalue weighted by molar-refractivity contribution is 5.99. The van der Waals surface area contributed by atoms with Gasteiger partial charge in [0.05, 0.1) is 18.8 Å². The SMILES string of the molecule is COc1ccccc1C(=O)N1CC(=O)N(Cc2cccc(F)c2)CC(O)C1. The number of benzene rings is 2. The van der Waals surface area contributed by atoms with Crippen LogP contribution >= 0.6 is 0 Å². The number of β-amino-alcohol motifs (C(OH)–C–C–N with tert-alkyl or cyclic N) is 1. The normalized spacial score (nSPS) is 17.6. The maximum absolute atomic E-state index is 13.4. The summed E-state index contributed by atoms with van der Waals surface area (Å²) in [6.07, 6.45) is -0.899. The van der Waals surface area contributed by atoms with E-state index in [4.69, 9.17) is 4.74 Å². The molecule has 0 aliphatic carbocycles. The largest absolute Gasteiger partial charge is 0.496 e. The van der Waals surface area contributed by atoms with Crippen molar-refractivity contribution in [3.8, 4) is 5.75 Å². The fourth-order valence-electron chi connectivity index (χ4n) is 3.15. The van der Waals surface area contributed by atoms with Gasteiger partial charge < -0.3 is 19.6 Å². The lowest BCUT2D eigenvalue weighted by Gasteiger charge is -2.22. The molecule has 0 bridgehead atoms. The average molecular weight is 372 g/mol. The van der Waals surface area contributed by atoms with Crippen molar-refractivity contribution in [3.63, 3.8) is 0 Å². The van der Waals surface area contributed by atoms with Gasteiger partial charge in [-0.3, -0.25) is 9.59 Å². The number of hydrogen-bond acceptors (Lipinski definition) is 4. The first-order valence-electron chi connectivity index (χ1n) is 8.60. The lowest BCUT2D eigenvalue weighted by molar-refractivity contribution is -0.131. The minimum Gasteiger partial charge on any atom is -0.496 e. The third-order valence-electron chi connectivity index (χ3n) is 4.43. The molecule has 7 heteroatoms. The molecule has 142 valence electrons. The smallest absolute Gasteiger partial charge is 0.258 e. The van der Waals surface area contributed by atoms with Gasteiger partial charge in [-0.05, 0) is 29.8 Å². The van der Waals surface area contributed by atoms with Crippen molar-refractivity contribution in [2.45, 2.75) is 12.6 Å². The van der Waals surface area contributed by atoms with Crippen molar-refractivity contribution in [2.24, 2.45) is 0 Å². The molecule has 0 radical (unpaired) electrons. The lowest BCUT2D eigenvalue weighted by atomic mass is 10.1. The molecule has 1 saturated heterocycles. The molecule has 0 saturated carbocycles. The summed E-state index contributed by atoms with van der Waals surface area (Å²) < 4.78 is 18.6. The van der Waals surface area contributed by atoms with E-state index < -0.39 is 6.10 Å². The Hall–Kier alpha value is -2.93. The van der Waals surface area contributed by atoms with Gasteiger partial charge >= 0.3 is 0 Å². The molecule has 1 heterocycles. The lowest BCUT2D eigenvalue weighted by Crippen LogP contribution is -2.39. The summed E-state index contributed by atoms with van der Waals surface area (Å²) in [5.74, 6) is -0.667. The van der Waals surface area contributed by atoms with Crippen LogP contribution < -0.4 is 4.74 Å².